The lowest BCUT2D eigenvalue weighted by Crippen LogP contribution is -2.37. The Morgan fingerprint density at radius 2 is 2.05 bits per heavy atom. The molecule has 0 spiro atoms. The summed E-state index contributed by atoms with van der Waals surface area (Å²) in [7, 11) is 1.55. The van der Waals surface area contributed by atoms with Gasteiger partial charge in [-0.15, -0.1) is 0 Å². The molecule has 0 bridgehead atoms. The third kappa shape index (κ3) is 4.34. The van der Waals surface area contributed by atoms with Gasteiger partial charge in [-0.2, -0.15) is 0 Å². The number of rotatable bonds is 7. The first-order valence-corrected chi connectivity index (χ1v) is 5.76. The summed E-state index contributed by atoms with van der Waals surface area (Å²) in [5.41, 5.74) is 7.07. The second-order valence-electron chi connectivity index (χ2n) is 4.73. The number of hydrazine groups is 1. The number of hydrogen-bond acceptors (Lipinski definition) is 7. The Balaban J connectivity index is 2.82. The number of amides is 1. The normalized spacial score (nSPS) is 11.2. The quantitative estimate of drug-likeness (QED) is 0.399. The van der Waals surface area contributed by atoms with Gasteiger partial charge >= 0.3 is 0 Å². The van der Waals surface area contributed by atoms with Gasteiger partial charge in [0.25, 0.3) is 0 Å². The fraction of sp³-hybridized carbons (Fsp3) is 0.545. The van der Waals surface area contributed by atoms with Gasteiger partial charge in [0.15, 0.2) is 5.82 Å². The zero-order valence-electron chi connectivity index (χ0n) is 11.4. The average Bonchev–Trinajstić information content (AvgIpc) is 2.36. The van der Waals surface area contributed by atoms with Crippen LogP contribution in [0.2, 0.25) is 0 Å². The molecule has 1 heterocycles. The van der Waals surface area contributed by atoms with Crippen LogP contribution in [0.15, 0.2) is 6.07 Å². The monoisotopic (exact) mass is 268 g/mol. The fourth-order valence-electron chi connectivity index (χ4n) is 1.25. The number of methoxy groups -OCH3 is 1. The maximum atomic E-state index is 11.2. The van der Waals surface area contributed by atoms with E-state index >= 15 is 0 Å². The highest BCUT2D eigenvalue weighted by Crippen LogP contribution is 2.17. The first-order valence-electron chi connectivity index (χ1n) is 5.76. The number of nitrogen functional groups attached to an aromatic ring is 1. The van der Waals surface area contributed by atoms with Crippen LogP contribution in [-0.4, -0.2) is 29.5 Å². The Labute approximate surface area is 111 Å². The minimum atomic E-state index is -0.678. The van der Waals surface area contributed by atoms with E-state index in [-0.39, 0.29) is 12.5 Å². The molecule has 1 amide bonds. The molecule has 1 aromatic heterocycles. The van der Waals surface area contributed by atoms with Crippen LogP contribution in [0, 0.1) is 5.41 Å². The first-order chi connectivity index (χ1) is 8.89. The van der Waals surface area contributed by atoms with Crippen molar-refractivity contribution in [1.82, 2.24) is 9.97 Å². The van der Waals surface area contributed by atoms with Crippen LogP contribution >= 0.6 is 0 Å². The zero-order valence-corrected chi connectivity index (χ0v) is 11.4. The lowest BCUT2D eigenvalue weighted by atomic mass is 9.93. The predicted molar refractivity (Wildman–Crippen MR) is 72.0 cm³/mol. The zero-order chi connectivity index (χ0) is 14.5. The molecule has 1 aromatic rings. The third-order valence-corrected chi connectivity index (χ3v) is 2.57. The van der Waals surface area contributed by atoms with Crippen LogP contribution in [0.3, 0.4) is 0 Å². The molecule has 8 nitrogen and oxygen atoms in total. The van der Waals surface area contributed by atoms with Gasteiger partial charge in [-0.05, 0) is 13.8 Å². The molecule has 0 radical (unpaired) electrons. The van der Waals surface area contributed by atoms with Gasteiger partial charge in [-0.25, -0.2) is 15.8 Å². The van der Waals surface area contributed by atoms with Crippen molar-refractivity contribution in [3.05, 3.63) is 11.9 Å². The second-order valence-corrected chi connectivity index (χ2v) is 4.73. The largest absolute Gasteiger partial charge is 0.377 e. The van der Waals surface area contributed by atoms with Gasteiger partial charge in [-0.3, -0.25) is 4.79 Å². The molecule has 0 saturated heterocycles. The van der Waals surface area contributed by atoms with Crippen LogP contribution in [0.1, 0.15) is 19.7 Å². The Hall–Kier alpha value is -1.93. The minimum absolute atomic E-state index is 0.267. The Morgan fingerprint density at radius 3 is 2.58 bits per heavy atom. The van der Waals surface area contributed by atoms with Gasteiger partial charge in [0, 0.05) is 19.7 Å². The van der Waals surface area contributed by atoms with Gasteiger partial charge in [-0.1, -0.05) is 0 Å². The number of carbonyl (C=O) groups is 1. The van der Waals surface area contributed by atoms with Crippen molar-refractivity contribution in [3.8, 4) is 0 Å². The van der Waals surface area contributed by atoms with Crippen LogP contribution in [0.5, 0.6) is 0 Å². The van der Waals surface area contributed by atoms with Gasteiger partial charge in [0.1, 0.15) is 18.2 Å². The maximum absolute atomic E-state index is 11.2. The van der Waals surface area contributed by atoms with E-state index in [2.05, 4.69) is 20.7 Å². The number of anilines is 2. The maximum Gasteiger partial charge on any atom is 0.224 e. The molecule has 0 fully saturated rings. The number of hydrogen-bond donors (Lipinski definition) is 4. The molecule has 19 heavy (non-hydrogen) atoms. The summed E-state index contributed by atoms with van der Waals surface area (Å²) in [6.45, 7) is 4.13. The van der Waals surface area contributed by atoms with Crippen molar-refractivity contribution in [3.63, 3.8) is 0 Å². The SMILES string of the molecule is COCc1nc(NN)cc(NCC(C)(C)C(N)=O)n1. The number of nitrogens with one attached hydrogen (secondary N) is 2. The van der Waals surface area contributed by atoms with Gasteiger partial charge in [0.2, 0.25) is 5.91 Å². The Bertz CT molecular complexity index is 449. The number of ether oxygens (including phenoxy) is 1. The lowest BCUT2D eigenvalue weighted by Gasteiger charge is -2.21. The van der Waals surface area contributed by atoms with E-state index in [0.717, 1.165) is 0 Å². The smallest absolute Gasteiger partial charge is 0.224 e. The van der Waals surface area contributed by atoms with E-state index in [4.69, 9.17) is 16.3 Å². The number of primary amides is 1. The topological polar surface area (TPSA) is 128 Å². The summed E-state index contributed by atoms with van der Waals surface area (Å²) < 4.78 is 4.97. The van der Waals surface area contributed by atoms with E-state index in [9.17, 15) is 4.79 Å². The molecule has 0 saturated carbocycles. The van der Waals surface area contributed by atoms with Crippen molar-refractivity contribution >= 4 is 17.5 Å². The molecule has 8 heteroatoms. The van der Waals surface area contributed by atoms with Gasteiger partial charge < -0.3 is 21.2 Å². The summed E-state index contributed by atoms with van der Waals surface area (Å²) in [4.78, 5) is 19.6. The third-order valence-electron chi connectivity index (χ3n) is 2.57. The summed E-state index contributed by atoms with van der Waals surface area (Å²) in [6.07, 6.45) is 0. The molecule has 0 aliphatic heterocycles. The molecule has 0 atom stereocenters. The van der Waals surface area contributed by atoms with Crippen LogP contribution < -0.4 is 22.3 Å². The number of aromatic nitrogens is 2. The molecule has 0 unspecified atom stereocenters. The van der Waals surface area contributed by atoms with Crippen molar-refractivity contribution in [1.29, 1.82) is 0 Å². The number of nitrogens with two attached hydrogens (primary N) is 2. The molecular formula is C11H20N6O2. The van der Waals surface area contributed by atoms with Crippen molar-refractivity contribution in [2.45, 2.75) is 20.5 Å². The molecule has 6 N–H and O–H groups in total. The number of nitrogens with zero attached hydrogens (tertiary/aromatic N) is 2. The molecule has 0 aromatic carbocycles. The van der Waals surface area contributed by atoms with Crippen LogP contribution in [-0.2, 0) is 16.1 Å². The molecular weight excluding hydrogens is 248 g/mol. The van der Waals surface area contributed by atoms with Crippen molar-refractivity contribution in [2.24, 2.45) is 17.0 Å². The lowest BCUT2D eigenvalue weighted by molar-refractivity contribution is -0.125. The number of carbonyl (C=O) groups excluding carboxylic acids is 1. The van der Waals surface area contributed by atoms with E-state index < -0.39 is 5.41 Å². The molecule has 1 rings (SSSR count). The highest BCUT2D eigenvalue weighted by molar-refractivity contribution is 5.80. The highest BCUT2D eigenvalue weighted by atomic mass is 16.5. The van der Waals surface area contributed by atoms with Crippen molar-refractivity contribution < 1.29 is 9.53 Å². The Morgan fingerprint density at radius 1 is 1.42 bits per heavy atom. The highest BCUT2D eigenvalue weighted by Gasteiger charge is 2.24. The molecule has 0 aliphatic rings. The summed E-state index contributed by atoms with van der Waals surface area (Å²) >= 11 is 0. The Kier molecular flexibility index (Phi) is 5.02. The van der Waals surface area contributed by atoms with Gasteiger partial charge in [0.05, 0.1) is 5.41 Å². The minimum Gasteiger partial charge on any atom is -0.377 e. The standard InChI is InChI=1S/C11H20N6O2/c1-11(2,10(12)18)6-14-7-4-8(17-13)16-9(15-7)5-19-3/h4H,5-6,13H2,1-3H3,(H2,12,18)(H2,14,15,16,17). The van der Waals surface area contributed by atoms with E-state index in [1.807, 2.05) is 0 Å². The average molecular weight is 268 g/mol. The summed E-state index contributed by atoms with van der Waals surface area (Å²) in [5, 5.41) is 3.04. The predicted octanol–water partition coefficient (Wildman–Crippen LogP) is -0.168. The second kappa shape index (κ2) is 6.30. The van der Waals surface area contributed by atoms with Crippen molar-refractivity contribution in [2.75, 3.05) is 24.4 Å². The van der Waals surface area contributed by atoms with Crippen LogP contribution in [0.25, 0.3) is 0 Å². The van der Waals surface area contributed by atoms with E-state index in [1.165, 1.54) is 0 Å². The summed E-state index contributed by atoms with van der Waals surface area (Å²) in [6, 6.07) is 1.64. The fourth-order valence-corrected chi connectivity index (χ4v) is 1.25. The molecule has 106 valence electrons. The van der Waals surface area contributed by atoms with E-state index in [0.29, 0.717) is 24.0 Å². The molecule has 0 aliphatic carbocycles. The first kappa shape index (κ1) is 15.1. The summed E-state index contributed by atoms with van der Waals surface area (Å²) in [5.74, 6) is 6.43. The van der Waals surface area contributed by atoms with Crippen LogP contribution in [0.4, 0.5) is 11.6 Å². The van der Waals surface area contributed by atoms with E-state index in [1.54, 1.807) is 27.0 Å².